The maximum atomic E-state index is 15.0. The molecule has 0 bridgehead atoms. The molecule has 3 heterocycles. The fraction of sp³-hybridized carbons (Fsp3) is 0.379. The van der Waals surface area contributed by atoms with Crippen LogP contribution in [0, 0.1) is 25.1 Å². The number of aryl methyl sites for hydroxylation is 2. The van der Waals surface area contributed by atoms with Crippen molar-refractivity contribution in [2.45, 2.75) is 53.1 Å². The van der Waals surface area contributed by atoms with E-state index in [1.807, 2.05) is 33.9 Å². The SMILES string of the molecule is C=C1/C=C(/C(=O)Nc2c(F)ccc(C3=NNC(=O)C(Nc4cc(C)n(C)n4)=CC3)c2C)SCCCC(C)(C)C1O. The van der Waals surface area contributed by atoms with Gasteiger partial charge in [-0.05, 0) is 73.3 Å². The summed E-state index contributed by atoms with van der Waals surface area (Å²) >= 11 is 1.36. The average Bonchev–Trinajstić information content (AvgIpc) is 3.13. The fourth-order valence-corrected chi connectivity index (χ4v) is 5.57. The van der Waals surface area contributed by atoms with E-state index in [4.69, 9.17) is 0 Å². The molecule has 1 aromatic carbocycles. The number of allylic oxidation sites excluding steroid dienone is 1. The van der Waals surface area contributed by atoms with Gasteiger partial charge in [0.2, 0.25) is 0 Å². The lowest BCUT2D eigenvalue weighted by Gasteiger charge is -2.30. The van der Waals surface area contributed by atoms with Gasteiger partial charge in [0.25, 0.3) is 11.8 Å². The number of anilines is 2. The third kappa shape index (κ3) is 6.37. The van der Waals surface area contributed by atoms with E-state index in [0.717, 1.165) is 18.5 Å². The second-order valence-electron chi connectivity index (χ2n) is 10.7. The lowest BCUT2D eigenvalue weighted by Crippen LogP contribution is -2.30. The largest absolute Gasteiger partial charge is 0.388 e. The molecule has 0 saturated heterocycles. The zero-order valence-corrected chi connectivity index (χ0v) is 24.2. The molecule has 1 unspecified atom stereocenters. The summed E-state index contributed by atoms with van der Waals surface area (Å²) in [5, 5.41) is 25.1. The first kappa shape index (κ1) is 29.3. The molecule has 2 aliphatic rings. The first-order chi connectivity index (χ1) is 18.9. The van der Waals surface area contributed by atoms with Crippen molar-refractivity contribution < 1.29 is 19.1 Å². The number of hydrogen-bond donors (Lipinski definition) is 4. The molecule has 0 radical (unpaired) electrons. The fourth-order valence-electron chi connectivity index (χ4n) is 4.64. The normalized spacial score (nSPS) is 21.0. The number of aromatic nitrogens is 2. The Morgan fingerprint density at radius 1 is 1.32 bits per heavy atom. The number of hydrazone groups is 1. The van der Waals surface area contributed by atoms with Crippen molar-refractivity contribution in [2.24, 2.45) is 17.6 Å². The quantitative estimate of drug-likeness (QED) is 0.417. The lowest BCUT2D eigenvalue weighted by atomic mass is 9.79. The molecule has 4 rings (SSSR count). The number of amides is 2. The van der Waals surface area contributed by atoms with Crippen molar-refractivity contribution >= 4 is 40.8 Å². The van der Waals surface area contributed by atoms with Gasteiger partial charge < -0.3 is 15.7 Å². The Hall–Kier alpha value is -3.70. The highest BCUT2D eigenvalue weighted by Gasteiger charge is 2.31. The number of nitrogens with zero attached hydrogens (tertiary/aromatic N) is 3. The Bertz CT molecular complexity index is 1440. The zero-order valence-electron chi connectivity index (χ0n) is 23.4. The van der Waals surface area contributed by atoms with Crippen LogP contribution in [-0.2, 0) is 16.6 Å². The minimum Gasteiger partial charge on any atom is -0.388 e. The van der Waals surface area contributed by atoms with Crippen LogP contribution in [0.5, 0.6) is 0 Å². The molecular weight excluding hydrogens is 531 g/mol. The summed E-state index contributed by atoms with van der Waals surface area (Å²) in [6.45, 7) is 11.5. The predicted octanol–water partition coefficient (Wildman–Crippen LogP) is 4.69. The molecule has 1 aromatic heterocycles. The van der Waals surface area contributed by atoms with E-state index < -0.39 is 23.7 Å². The first-order valence-electron chi connectivity index (χ1n) is 13.0. The summed E-state index contributed by atoms with van der Waals surface area (Å²) < 4.78 is 16.7. The minimum atomic E-state index is -0.798. The Morgan fingerprint density at radius 2 is 2.08 bits per heavy atom. The number of aliphatic hydroxyl groups is 1. The molecule has 11 heteroatoms. The van der Waals surface area contributed by atoms with Crippen molar-refractivity contribution in [1.29, 1.82) is 0 Å². The Labute approximate surface area is 237 Å². The van der Waals surface area contributed by atoms with Crippen LogP contribution in [0.4, 0.5) is 15.9 Å². The van der Waals surface area contributed by atoms with E-state index in [2.05, 4.69) is 32.8 Å². The zero-order chi connectivity index (χ0) is 29.2. The summed E-state index contributed by atoms with van der Waals surface area (Å²) in [5.41, 5.74) is 5.41. The standard InChI is InChI=1S/C29H35FN6O3S/c1-16-14-23(40-13-7-12-29(4,5)26(16)37)28(39)32-25-18(3)19(8-9-20(25)30)21-10-11-22(27(38)34-33-21)31-24-15-17(2)36(6)35-24/h8-9,11,14-15,26,37H,1,7,10,12-13H2,2-6H3,(H,31,35)(H,32,39)(H,34,38)/b23-14-. The van der Waals surface area contributed by atoms with Gasteiger partial charge in [0.1, 0.15) is 11.5 Å². The first-order valence-corrected chi connectivity index (χ1v) is 14.0. The molecule has 0 aliphatic carbocycles. The third-order valence-corrected chi connectivity index (χ3v) is 8.34. The summed E-state index contributed by atoms with van der Waals surface area (Å²) in [5.74, 6) is -0.290. The maximum absolute atomic E-state index is 15.0. The molecule has 40 heavy (non-hydrogen) atoms. The van der Waals surface area contributed by atoms with Gasteiger partial charge in [0, 0.05) is 30.8 Å². The van der Waals surface area contributed by atoms with Crippen LogP contribution in [0.15, 0.2) is 58.2 Å². The van der Waals surface area contributed by atoms with E-state index >= 15 is 4.39 Å². The van der Waals surface area contributed by atoms with Gasteiger partial charge in [-0.3, -0.25) is 14.3 Å². The van der Waals surface area contributed by atoms with Gasteiger partial charge in [0.05, 0.1) is 22.4 Å². The highest BCUT2D eigenvalue weighted by molar-refractivity contribution is 8.04. The topological polar surface area (TPSA) is 121 Å². The number of halogens is 1. The monoisotopic (exact) mass is 566 g/mol. The molecule has 2 amide bonds. The highest BCUT2D eigenvalue weighted by atomic mass is 32.2. The van der Waals surface area contributed by atoms with Crippen LogP contribution < -0.4 is 16.1 Å². The smallest absolute Gasteiger partial charge is 0.287 e. The minimum absolute atomic E-state index is 0.0277. The number of thioether (sulfide) groups is 1. The number of aliphatic hydroxyl groups excluding tert-OH is 1. The number of nitrogens with one attached hydrogen (secondary N) is 3. The molecule has 212 valence electrons. The average molecular weight is 567 g/mol. The second kappa shape index (κ2) is 11.8. The van der Waals surface area contributed by atoms with Crippen molar-refractivity contribution in [2.75, 3.05) is 16.4 Å². The number of carbonyl (C=O) groups excluding carboxylic acids is 2. The molecule has 2 aliphatic heterocycles. The van der Waals surface area contributed by atoms with Crippen molar-refractivity contribution in [3.05, 3.63) is 75.7 Å². The van der Waals surface area contributed by atoms with E-state index in [0.29, 0.717) is 44.6 Å². The summed E-state index contributed by atoms with van der Waals surface area (Å²) in [6.07, 6.45) is 4.36. The molecule has 0 spiro atoms. The van der Waals surface area contributed by atoms with Gasteiger partial charge in [-0.15, -0.1) is 11.8 Å². The summed E-state index contributed by atoms with van der Waals surface area (Å²) in [6, 6.07) is 4.67. The van der Waals surface area contributed by atoms with Gasteiger partial charge in [-0.2, -0.15) is 10.2 Å². The van der Waals surface area contributed by atoms with Gasteiger partial charge in [0.15, 0.2) is 5.82 Å². The Morgan fingerprint density at radius 3 is 2.77 bits per heavy atom. The van der Waals surface area contributed by atoms with Crippen LogP contribution in [0.3, 0.4) is 0 Å². The van der Waals surface area contributed by atoms with E-state index in [-0.39, 0.29) is 17.5 Å². The molecule has 0 fully saturated rings. The lowest BCUT2D eigenvalue weighted by molar-refractivity contribution is -0.117. The highest BCUT2D eigenvalue weighted by Crippen LogP contribution is 2.36. The van der Waals surface area contributed by atoms with Crippen LogP contribution in [0.2, 0.25) is 0 Å². The molecule has 0 saturated carbocycles. The Kier molecular flexibility index (Phi) is 8.65. The van der Waals surface area contributed by atoms with E-state index in [9.17, 15) is 14.7 Å². The van der Waals surface area contributed by atoms with Crippen LogP contribution in [-0.4, -0.2) is 44.3 Å². The van der Waals surface area contributed by atoms with Crippen molar-refractivity contribution in [3.8, 4) is 0 Å². The molecule has 4 N–H and O–H groups in total. The van der Waals surface area contributed by atoms with Crippen molar-refractivity contribution in [3.63, 3.8) is 0 Å². The van der Waals surface area contributed by atoms with Crippen LogP contribution >= 0.6 is 11.8 Å². The molecule has 9 nitrogen and oxygen atoms in total. The van der Waals surface area contributed by atoms with Gasteiger partial charge >= 0.3 is 0 Å². The molecule has 2 aromatic rings. The summed E-state index contributed by atoms with van der Waals surface area (Å²) in [7, 11) is 1.81. The molecular formula is C29H35FN6O3S. The van der Waals surface area contributed by atoms with Crippen LogP contribution in [0.1, 0.15) is 49.9 Å². The summed E-state index contributed by atoms with van der Waals surface area (Å²) in [4.78, 5) is 26.3. The number of carbonyl (C=O) groups is 2. The third-order valence-electron chi connectivity index (χ3n) is 7.23. The number of benzene rings is 1. The van der Waals surface area contributed by atoms with Crippen molar-refractivity contribution in [1.82, 2.24) is 15.2 Å². The van der Waals surface area contributed by atoms with E-state index in [1.54, 1.807) is 29.8 Å². The predicted molar refractivity (Wildman–Crippen MR) is 157 cm³/mol. The second-order valence-corrected chi connectivity index (χ2v) is 11.9. The molecule has 1 atom stereocenters. The number of rotatable bonds is 5. The maximum Gasteiger partial charge on any atom is 0.287 e. The van der Waals surface area contributed by atoms with E-state index in [1.165, 1.54) is 17.8 Å². The Balaban J connectivity index is 1.56. The van der Waals surface area contributed by atoms with Gasteiger partial charge in [-0.1, -0.05) is 20.4 Å². The number of hydrogen-bond acceptors (Lipinski definition) is 7. The van der Waals surface area contributed by atoms with Gasteiger partial charge in [-0.25, -0.2) is 9.82 Å². The van der Waals surface area contributed by atoms with Crippen LogP contribution in [0.25, 0.3) is 0 Å².